The van der Waals surface area contributed by atoms with Gasteiger partial charge in [0, 0.05) is 5.69 Å². The zero-order valence-electron chi connectivity index (χ0n) is 11.9. The lowest BCUT2D eigenvalue weighted by molar-refractivity contribution is 0.599. The van der Waals surface area contributed by atoms with Crippen molar-refractivity contribution in [2.45, 2.75) is 25.2 Å². The highest BCUT2D eigenvalue weighted by molar-refractivity contribution is 7.92. The largest absolute Gasteiger partial charge is 0.396 e. The molecule has 0 heterocycles. The smallest absolute Gasteiger partial charge is 0.261 e. The summed E-state index contributed by atoms with van der Waals surface area (Å²) in [5.41, 5.74) is 6.99. The lowest BCUT2D eigenvalue weighted by Gasteiger charge is -2.11. The number of halogens is 1. The van der Waals surface area contributed by atoms with Gasteiger partial charge in [0.15, 0.2) is 0 Å². The lowest BCUT2D eigenvalue weighted by atomic mass is 10.1. The molecule has 3 N–H and O–H groups in total. The van der Waals surface area contributed by atoms with Crippen molar-refractivity contribution in [3.63, 3.8) is 0 Å². The van der Waals surface area contributed by atoms with E-state index in [1.165, 1.54) is 13.0 Å². The number of sulfonamides is 1. The van der Waals surface area contributed by atoms with Crippen molar-refractivity contribution < 1.29 is 12.8 Å². The first kappa shape index (κ1) is 15.3. The molecule has 0 unspecified atom stereocenters. The Labute approximate surface area is 123 Å². The Morgan fingerprint density at radius 1 is 1.24 bits per heavy atom. The van der Waals surface area contributed by atoms with Crippen molar-refractivity contribution in [2.75, 3.05) is 10.5 Å². The van der Waals surface area contributed by atoms with Gasteiger partial charge in [0.05, 0.1) is 10.6 Å². The van der Waals surface area contributed by atoms with Crippen molar-refractivity contribution in [3.05, 3.63) is 53.3 Å². The van der Waals surface area contributed by atoms with E-state index >= 15 is 0 Å². The van der Waals surface area contributed by atoms with Crippen LogP contribution in [0.3, 0.4) is 0 Å². The molecule has 6 heteroatoms. The lowest BCUT2D eigenvalue weighted by Crippen LogP contribution is -2.14. The van der Waals surface area contributed by atoms with Crippen LogP contribution in [0.25, 0.3) is 0 Å². The molecule has 2 aromatic rings. The third-order valence-electron chi connectivity index (χ3n) is 3.15. The summed E-state index contributed by atoms with van der Waals surface area (Å²) in [5, 5.41) is 0. The fourth-order valence-corrected chi connectivity index (χ4v) is 3.16. The Balaban J connectivity index is 2.38. The van der Waals surface area contributed by atoms with E-state index in [1.807, 2.05) is 13.0 Å². The molecular formula is C15H17FN2O2S. The molecule has 2 rings (SSSR count). The minimum Gasteiger partial charge on any atom is -0.396 e. The first-order valence-corrected chi connectivity index (χ1v) is 7.99. The van der Waals surface area contributed by atoms with E-state index in [-0.39, 0.29) is 16.1 Å². The monoisotopic (exact) mass is 308 g/mol. The average molecular weight is 308 g/mol. The number of nitrogen functional groups attached to an aromatic ring is 1. The number of nitrogens with two attached hydrogens (primary N) is 1. The van der Waals surface area contributed by atoms with E-state index in [2.05, 4.69) is 4.72 Å². The summed E-state index contributed by atoms with van der Waals surface area (Å²) in [4.78, 5) is -0.0548. The topological polar surface area (TPSA) is 72.2 Å². The zero-order valence-corrected chi connectivity index (χ0v) is 12.7. The van der Waals surface area contributed by atoms with Crippen LogP contribution in [-0.4, -0.2) is 8.42 Å². The maximum Gasteiger partial charge on any atom is 0.261 e. The molecule has 0 bridgehead atoms. The first-order valence-electron chi connectivity index (χ1n) is 6.51. The number of rotatable bonds is 4. The third kappa shape index (κ3) is 3.33. The van der Waals surface area contributed by atoms with Gasteiger partial charge in [-0.05, 0) is 48.7 Å². The highest BCUT2D eigenvalue weighted by atomic mass is 32.2. The summed E-state index contributed by atoms with van der Waals surface area (Å²) in [6, 6.07) is 9.50. The van der Waals surface area contributed by atoms with Gasteiger partial charge in [0.25, 0.3) is 10.0 Å². The second-order valence-corrected chi connectivity index (χ2v) is 6.49. The molecule has 0 aliphatic heterocycles. The van der Waals surface area contributed by atoms with Crippen LogP contribution in [0.15, 0.2) is 41.3 Å². The number of anilines is 2. The van der Waals surface area contributed by atoms with Crippen molar-refractivity contribution in [1.82, 2.24) is 0 Å². The van der Waals surface area contributed by atoms with E-state index in [9.17, 15) is 12.8 Å². The summed E-state index contributed by atoms with van der Waals surface area (Å²) >= 11 is 0. The van der Waals surface area contributed by atoms with Crippen LogP contribution >= 0.6 is 0 Å². The molecule has 0 saturated heterocycles. The fourth-order valence-electron chi connectivity index (χ4n) is 1.99. The highest BCUT2D eigenvalue weighted by Crippen LogP contribution is 2.23. The Kier molecular flexibility index (Phi) is 4.18. The minimum absolute atomic E-state index is 0.0548. The van der Waals surface area contributed by atoms with Gasteiger partial charge in [0.1, 0.15) is 5.82 Å². The molecule has 0 amide bonds. The second-order valence-electron chi connectivity index (χ2n) is 4.80. The first-order chi connectivity index (χ1) is 9.83. The van der Waals surface area contributed by atoms with Crippen LogP contribution in [-0.2, 0) is 16.4 Å². The highest BCUT2D eigenvalue weighted by Gasteiger charge is 2.17. The van der Waals surface area contributed by atoms with Crippen LogP contribution in [0.2, 0.25) is 0 Å². The number of nitrogens with one attached hydrogen (secondary N) is 1. The molecule has 0 aliphatic rings. The van der Waals surface area contributed by atoms with Gasteiger partial charge in [-0.25, -0.2) is 12.8 Å². The zero-order chi connectivity index (χ0) is 15.6. The molecule has 4 nitrogen and oxygen atoms in total. The Hall–Kier alpha value is -2.08. The fraction of sp³-hybridized carbons (Fsp3) is 0.200. The van der Waals surface area contributed by atoms with Crippen LogP contribution in [0.4, 0.5) is 15.8 Å². The number of benzene rings is 2. The molecule has 21 heavy (non-hydrogen) atoms. The molecule has 0 aromatic heterocycles. The molecule has 0 aliphatic carbocycles. The molecule has 0 radical (unpaired) electrons. The molecule has 112 valence electrons. The standard InChI is InChI=1S/C15H17FN2O2S/c1-3-11-5-4-6-12(8-11)18-21(19,20)13-7-10(2)15(16)14(17)9-13/h4-9,18H,3,17H2,1-2H3. The molecular weight excluding hydrogens is 291 g/mol. The van der Waals surface area contributed by atoms with Crippen LogP contribution in [0, 0.1) is 12.7 Å². The van der Waals surface area contributed by atoms with Crippen molar-refractivity contribution in [1.29, 1.82) is 0 Å². The van der Waals surface area contributed by atoms with Crippen molar-refractivity contribution in [2.24, 2.45) is 0 Å². The number of hydrogen-bond acceptors (Lipinski definition) is 3. The van der Waals surface area contributed by atoms with Crippen molar-refractivity contribution >= 4 is 21.4 Å². The quantitative estimate of drug-likeness (QED) is 0.853. The maximum absolute atomic E-state index is 13.5. The summed E-state index contributed by atoms with van der Waals surface area (Å²) in [7, 11) is -3.80. The van der Waals surface area contributed by atoms with Gasteiger partial charge in [-0.3, -0.25) is 4.72 Å². The van der Waals surface area contributed by atoms with Crippen molar-refractivity contribution in [3.8, 4) is 0 Å². The maximum atomic E-state index is 13.5. The van der Waals surface area contributed by atoms with Crippen LogP contribution in [0.1, 0.15) is 18.1 Å². The molecule has 0 spiro atoms. The van der Waals surface area contributed by atoms with Gasteiger partial charge in [-0.1, -0.05) is 19.1 Å². The summed E-state index contributed by atoms with van der Waals surface area (Å²) in [6.07, 6.45) is 0.804. The summed E-state index contributed by atoms with van der Waals surface area (Å²) in [6.45, 7) is 3.46. The van der Waals surface area contributed by atoms with E-state index in [0.29, 0.717) is 5.69 Å². The Morgan fingerprint density at radius 2 is 1.95 bits per heavy atom. The van der Waals surface area contributed by atoms with Gasteiger partial charge in [0.2, 0.25) is 0 Å². The SMILES string of the molecule is CCc1cccc(NS(=O)(=O)c2cc(C)c(F)c(N)c2)c1. The summed E-state index contributed by atoms with van der Waals surface area (Å²) in [5.74, 6) is -0.595. The Bertz CT molecular complexity index is 750. The van der Waals surface area contributed by atoms with E-state index in [0.717, 1.165) is 18.1 Å². The minimum atomic E-state index is -3.80. The van der Waals surface area contributed by atoms with Gasteiger partial charge in [-0.2, -0.15) is 0 Å². The normalized spacial score (nSPS) is 11.4. The summed E-state index contributed by atoms with van der Waals surface area (Å²) < 4.78 is 40.6. The van der Waals surface area contributed by atoms with Crippen LogP contribution in [0.5, 0.6) is 0 Å². The van der Waals surface area contributed by atoms with E-state index in [4.69, 9.17) is 5.73 Å². The molecule has 0 fully saturated rings. The van der Waals surface area contributed by atoms with Gasteiger partial charge >= 0.3 is 0 Å². The predicted molar refractivity (Wildman–Crippen MR) is 82.2 cm³/mol. The Morgan fingerprint density at radius 3 is 2.57 bits per heavy atom. The van der Waals surface area contributed by atoms with Gasteiger partial charge in [-0.15, -0.1) is 0 Å². The number of hydrogen-bond donors (Lipinski definition) is 2. The molecule has 2 aromatic carbocycles. The second kappa shape index (κ2) is 5.73. The van der Waals surface area contributed by atoms with Gasteiger partial charge < -0.3 is 5.73 Å². The van der Waals surface area contributed by atoms with Crippen LogP contribution < -0.4 is 10.5 Å². The number of aryl methyl sites for hydroxylation is 2. The average Bonchev–Trinajstić information content (AvgIpc) is 2.44. The molecule has 0 saturated carbocycles. The molecule has 0 atom stereocenters. The third-order valence-corrected chi connectivity index (χ3v) is 4.51. The van der Waals surface area contributed by atoms with E-state index in [1.54, 1.807) is 18.2 Å². The predicted octanol–water partition coefficient (Wildman–Crippen LogP) is 3.08. The van der Waals surface area contributed by atoms with E-state index < -0.39 is 15.8 Å².